The fourth-order valence-corrected chi connectivity index (χ4v) is 5.11. The van der Waals surface area contributed by atoms with Crippen molar-refractivity contribution in [2.75, 3.05) is 23.7 Å². The highest BCUT2D eigenvalue weighted by atomic mass is 19.1. The Morgan fingerprint density at radius 3 is 2.48 bits per heavy atom. The summed E-state index contributed by atoms with van der Waals surface area (Å²) >= 11 is 0. The number of pyridine rings is 1. The molecule has 3 unspecified atom stereocenters. The number of halogens is 3. The molecule has 2 aromatic rings. The van der Waals surface area contributed by atoms with Gasteiger partial charge in [-0.05, 0) is 31.6 Å². The molecule has 3 fully saturated rings. The summed E-state index contributed by atoms with van der Waals surface area (Å²) in [7, 11) is 0. The molecule has 10 heteroatoms. The number of aromatic carboxylic acids is 1. The molecule has 1 aliphatic heterocycles. The standard InChI is InChI=1S/C21H23F3N4O3/c22-11-6-12(11)28-8-10(20(30)31)19(29)13-16(25)14(23)18(15(24)17(13)28)27-5-2-9(7-27)21(26)3-1-4-21/h8-9,11-12H,1-7,25-26H2,(H,30,31). The molecule has 0 amide bonds. The van der Waals surface area contributed by atoms with Crippen LogP contribution in [0.5, 0.6) is 0 Å². The van der Waals surface area contributed by atoms with Crippen molar-refractivity contribution in [3.05, 3.63) is 33.6 Å². The Kier molecular flexibility index (Phi) is 4.31. The highest BCUT2D eigenvalue weighted by molar-refractivity contribution is 5.99. The lowest BCUT2D eigenvalue weighted by Gasteiger charge is -2.43. The number of nitrogens with zero attached hydrogens (tertiary/aromatic N) is 2. The largest absolute Gasteiger partial charge is 0.477 e. The van der Waals surface area contributed by atoms with Crippen LogP contribution in [0.3, 0.4) is 0 Å². The van der Waals surface area contributed by atoms with Gasteiger partial charge in [0.15, 0.2) is 11.6 Å². The average molecular weight is 436 g/mol. The first kappa shape index (κ1) is 20.2. The highest BCUT2D eigenvalue weighted by Gasteiger charge is 2.45. The summed E-state index contributed by atoms with van der Waals surface area (Å²) in [5.41, 5.74) is 8.84. The fraction of sp³-hybridized carbons (Fsp3) is 0.524. The number of carboxylic acid groups (broad SMARTS) is 1. The summed E-state index contributed by atoms with van der Waals surface area (Å²) in [5, 5.41) is 8.79. The van der Waals surface area contributed by atoms with E-state index in [0.29, 0.717) is 19.5 Å². The van der Waals surface area contributed by atoms with E-state index in [1.54, 1.807) is 0 Å². The van der Waals surface area contributed by atoms with Gasteiger partial charge in [-0.2, -0.15) is 0 Å². The van der Waals surface area contributed by atoms with Crippen molar-refractivity contribution in [2.45, 2.75) is 49.9 Å². The van der Waals surface area contributed by atoms with Crippen LogP contribution in [0.15, 0.2) is 11.0 Å². The Morgan fingerprint density at radius 1 is 1.26 bits per heavy atom. The van der Waals surface area contributed by atoms with Crippen LogP contribution < -0.4 is 21.8 Å². The lowest BCUT2D eigenvalue weighted by Crippen LogP contribution is -2.53. The topological polar surface area (TPSA) is 115 Å². The Labute approximate surface area is 175 Å². The zero-order valence-corrected chi connectivity index (χ0v) is 16.7. The van der Waals surface area contributed by atoms with Gasteiger partial charge in [-0.3, -0.25) is 4.79 Å². The minimum atomic E-state index is -1.57. The molecule has 3 atom stereocenters. The Bertz CT molecular complexity index is 1180. The maximum atomic E-state index is 15.8. The summed E-state index contributed by atoms with van der Waals surface area (Å²) in [4.78, 5) is 25.8. The lowest BCUT2D eigenvalue weighted by molar-refractivity contribution is 0.0694. The van der Waals surface area contributed by atoms with E-state index in [2.05, 4.69) is 0 Å². The number of fused-ring (bicyclic) bond motifs is 1. The minimum absolute atomic E-state index is 0.0462. The SMILES string of the molecule is Nc1c(F)c(N2CCC(C3(N)CCC3)C2)c(F)c2c1c(=O)c(C(=O)O)cn2C1CC1F. The van der Waals surface area contributed by atoms with Crippen molar-refractivity contribution in [1.82, 2.24) is 4.57 Å². The first-order valence-electron chi connectivity index (χ1n) is 10.4. The van der Waals surface area contributed by atoms with E-state index in [1.165, 1.54) is 4.90 Å². The maximum Gasteiger partial charge on any atom is 0.341 e. The van der Waals surface area contributed by atoms with Gasteiger partial charge in [0.25, 0.3) is 0 Å². The smallest absolute Gasteiger partial charge is 0.341 e. The van der Waals surface area contributed by atoms with Gasteiger partial charge in [-0.25, -0.2) is 18.0 Å². The molecule has 166 valence electrons. The van der Waals surface area contributed by atoms with E-state index in [0.717, 1.165) is 30.0 Å². The minimum Gasteiger partial charge on any atom is -0.477 e. The summed E-state index contributed by atoms with van der Waals surface area (Å²) < 4.78 is 46.0. The van der Waals surface area contributed by atoms with Crippen molar-refractivity contribution < 1.29 is 23.1 Å². The number of aromatic nitrogens is 1. The number of nitrogen functional groups attached to an aromatic ring is 1. The molecule has 5 rings (SSSR count). The van der Waals surface area contributed by atoms with Crippen molar-refractivity contribution in [1.29, 1.82) is 0 Å². The molecule has 1 aromatic carbocycles. The molecule has 2 heterocycles. The summed E-state index contributed by atoms with van der Waals surface area (Å²) in [6.45, 7) is 0.719. The molecule has 2 saturated carbocycles. The molecule has 5 N–H and O–H groups in total. The predicted molar refractivity (Wildman–Crippen MR) is 109 cm³/mol. The van der Waals surface area contributed by atoms with Crippen LogP contribution >= 0.6 is 0 Å². The van der Waals surface area contributed by atoms with Crippen molar-refractivity contribution in [3.8, 4) is 0 Å². The number of benzene rings is 1. The number of alkyl halides is 1. The van der Waals surface area contributed by atoms with Gasteiger partial charge in [-0.1, -0.05) is 0 Å². The zero-order chi connectivity index (χ0) is 22.2. The number of carbonyl (C=O) groups is 1. The quantitative estimate of drug-likeness (QED) is 0.635. The van der Waals surface area contributed by atoms with Crippen LogP contribution in [0.1, 0.15) is 48.5 Å². The number of rotatable bonds is 4. The van der Waals surface area contributed by atoms with Crippen LogP contribution in [0, 0.1) is 17.6 Å². The molecule has 3 aliphatic rings. The third-order valence-electron chi connectivity index (χ3n) is 7.24. The fourth-order valence-electron chi connectivity index (χ4n) is 5.11. The molecule has 0 radical (unpaired) electrons. The van der Waals surface area contributed by atoms with Gasteiger partial charge in [-0.15, -0.1) is 0 Å². The summed E-state index contributed by atoms with van der Waals surface area (Å²) in [5.74, 6) is -3.64. The molecule has 0 spiro atoms. The number of anilines is 2. The molecule has 2 aliphatic carbocycles. The number of carboxylic acids is 1. The number of hydrogen-bond donors (Lipinski definition) is 3. The normalized spacial score (nSPS) is 26.8. The van der Waals surface area contributed by atoms with Crippen molar-refractivity contribution in [2.24, 2.45) is 11.7 Å². The van der Waals surface area contributed by atoms with E-state index in [-0.39, 0.29) is 29.1 Å². The zero-order valence-electron chi connectivity index (χ0n) is 16.7. The van der Waals surface area contributed by atoms with Crippen molar-refractivity contribution in [3.63, 3.8) is 0 Å². The number of hydrogen-bond acceptors (Lipinski definition) is 5. The van der Waals surface area contributed by atoms with E-state index in [1.807, 2.05) is 0 Å². The van der Waals surface area contributed by atoms with Crippen LogP contribution in [0.4, 0.5) is 24.5 Å². The van der Waals surface area contributed by atoms with Gasteiger partial charge < -0.3 is 26.0 Å². The van der Waals surface area contributed by atoms with E-state index in [4.69, 9.17) is 11.5 Å². The lowest BCUT2D eigenvalue weighted by atomic mass is 9.68. The van der Waals surface area contributed by atoms with Gasteiger partial charge in [0.1, 0.15) is 17.4 Å². The first-order chi connectivity index (χ1) is 14.6. The van der Waals surface area contributed by atoms with E-state index < -0.39 is 51.9 Å². The second kappa shape index (κ2) is 6.62. The average Bonchev–Trinajstić information content (AvgIpc) is 3.21. The van der Waals surface area contributed by atoms with Gasteiger partial charge in [0.2, 0.25) is 5.43 Å². The summed E-state index contributed by atoms with van der Waals surface area (Å²) in [6.07, 6.45) is 3.10. The van der Waals surface area contributed by atoms with E-state index >= 15 is 8.78 Å². The van der Waals surface area contributed by atoms with Gasteiger partial charge in [0.05, 0.1) is 22.6 Å². The van der Waals surface area contributed by atoms with Crippen LogP contribution in [0.25, 0.3) is 10.9 Å². The van der Waals surface area contributed by atoms with Gasteiger partial charge in [0, 0.05) is 31.2 Å². The Morgan fingerprint density at radius 2 is 1.94 bits per heavy atom. The molecule has 31 heavy (non-hydrogen) atoms. The maximum absolute atomic E-state index is 15.8. The third kappa shape index (κ3) is 2.84. The number of nitrogens with two attached hydrogens (primary N) is 2. The Hall–Kier alpha value is -2.75. The van der Waals surface area contributed by atoms with Gasteiger partial charge >= 0.3 is 5.97 Å². The predicted octanol–water partition coefficient (Wildman–Crippen LogP) is 2.55. The Balaban J connectivity index is 1.70. The molecule has 1 aromatic heterocycles. The monoisotopic (exact) mass is 436 g/mol. The van der Waals surface area contributed by atoms with Crippen LogP contribution in [0.2, 0.25) is 0 Å². The summed E-state index contributed by atoms with van der Waals surface area (Å²) in [6, 6.07) is -0.831. The first-order valence-corrected chi connectivity index (χ1v) is 10.4. The second-order valence-corrected chi connectivity index (χ2v) is 9.04. The van der Waals surface area contributed by atoms with Crippen molar-refractivity contribution >= 4 is 28.2 Å². The molecular formula is C21H23F3N4O3. The third-order valence-corrected chi connectivity index (χ3v) is 7.24. The highest BCUT2D eigenvalue weighted by Crippen LogP contribution is 2.46. The molecular weight excluding hydrogens is 413 g/mol. The molecule has 7 nitrogen and oxygen atoms in total. The second-order valence-electron chi connectivity index (χ2n) is 9.04. The molecule has 1 saturated heterocycles. The van der Waals surface area contributed by atoms with E-state index in [9.17, 15) is 19.1 Å². The van der Waals surface area contributed by atoms with Crippen LogP contribution in [-0.4, -0.2) is 40.4 Å². The molecule has 0 bridgehead atoms. The van der Waals surface area contributed by atoms with Crippen LogP contribution in [-0.2, 0) is 0 Å².